The van der Waals surface area contributed by atoms with Crippen molar-refractivity contribution in [2.45, 2.75) is 25.5 Å². The Hall–Kier alpha value is -1.89. The number of carbonyl (C=O) groups excluding carboxylic acids is 1. The molecule has 0 aliphatic rings. The van der Waals surface area contributed by atoms with E-state index in [0.29, 0.717) is 29.0 Å². The van der Waals surface area contributed by atoms with Crippen LogP contribution in [0.4, 0.5) is 4.39 Å². The number of aromatic nitrogens is 3. The van der Waals surface area contributed by atoms with E-state index in [1.165, 1.54) is 17.8 Å². The molecule has 0 fully saturated rings. The molecule has 2 aromatic rings. The molecule has 0 bridgehead atoms. The third kappa shape index (κ3) is 3.81. The number of benzene rings is 1. The van der Waals surface area contributed by atoms with E-state index in [-0.39, 0.29) is 11.6 Å². The first-order valence-electron chi connectivity index (χ1n) is 6.58. The molecular formula is C14H17FN4OS. The molecule has 7 heteroatoms. The van der Waals surface area contributed by atoms with Crippen molar-refractivity contribution in [3.05, 3.63) is 30.1 Å². The number of amides is 1. The summed E-state index contributed by atoms with van der Waals surface area (Å²) in [6.45, 7) is 4.74. The predicted molar refractivity (Wildman–Crippen MR) is 80.2 cm³/mol. The summed E-state index contributed by atoms with van der Waals surface area (Å²) in [5.41, 5.74) is 5.56. The highest BCUT2D eigenvalue weighted by Gasteiger charge is 2.18. The van der Waals surface area contributed by atoms with Crippen LogP contribution in [0.2, 0.25) is 0 Å². The zero-order chi connectivity index (χ0) is 15.4. The second-order valence-corrected chi connectivity index (χ2v) is 5.99. The molecule has 112 valence electrons. The van der Waals surface area contributed by atoms with Crippen molar-refractivity contribution < 1.29 is 9.18 Å². The number of primary amides is 1. The van der Waals surface area contributed by atoms with Gasteiger partial charge in [-0.3, -0.25) is 4.79 Å². The molecule has 21 heavy (non-hydrogen) atoms. The Morgan fingerprint density at radius 3 is 2.71 bits per heavy atom. The number of rotatable bonds is 6. The molecular weight excluding hydrogens is 291 g/mol. The van der Waals surface area contributed by atoms with Crippen molar-refractivity contribution in [3.63, 3.8) is 0 Å². The Labute approximate surface area is 126 Å². The molecule has 0 saturated heterocycles. The van der Waals surface area contributed by atoms with Crippen molar-refractivity contribution in [1.29, 1.82) is 0 Å². The van der Waals surface area contributed by atoms with Gasteiger partial charge in [-0.1, -0.05) is 37.7 Å². The smallest absolute Gasteiger partial charge is 0.227 e. The molecule has 1 amide bonds. The first-order chi connectivity index (χ1) is 9.99. The van der Waals surface area contributed by atoms with Gasteiger partial charge in [0, 0.05) is 6.54 Å². The van der Waals surface area contributed by atoms with Gasteiger partial charge in [0.15, 0.2) is 11.0 Å². The second kappa shape index (κ2) is 6.71. The molecule has 0 atom stereocenters. The fraction of sp³-hybridized carbons (Fsp3) is 0.357. The van der Waals surface area contributed by atoms with E-state index in [1.54, 1.807) is 18.2 Å². The quantitative estimate of drug-likeness (QED) is 0.831. The highest BCUT2D eigenvalue weighted by atomic mass is 32.2. The van der Waals surface area contributed by atoms with Crippen LogP contribution in [0.25, 0.3) is 11.4 Å². The molecule has 2 N–H and O–H groups in total. The lowest BCUT2D eigenvalue weighted by Crippen LogP contribution is -2.14. The predicted octanol–water partition coefficient (Wildman–Crippen LogP) is 2.32. The molecule has 5 nitrogen and oxygen atoms in total. The van der Waals surface area contributed by atoms with Gasteiger partial charge in [0.1, 0.15) is 5.82 Å². The van der Waals surface area contributed by atoms with E-state index in [2.05, 4.69) is 10.2 Å². The van der Waals surface area contributed by atoms with Crippen molar-refractivity contribution in [2.24, 2.45) is 11.7 Å². The Morgan fingerprint density at radius 2 is 2.10 bits per heavy atom. The van der Waals surface area contributed by atoms with Gasteiger partial charge in [-0.15, -0.1) is 10.2 Å². The fourth-order valence-corrected chi connectivity index (χ4v) is 2.59. The van der Waals surface area contributed by atoms with Gasteiger partial charge in [-0.25, -0.2) is 4.39 Å². The number of hydrogen-bond acceptors (Lipinski definition) is 4. The molecule has 1 heterocycles. The lowest BCUT2D eigenvalue weighted by Gasteiger charge is -2.12. The van der Waals surface area contributed by atoms with Crippen LogP contribution in [0.5, 0.6) is 0 Å². The summed E-state index contributed by atoms with van der Waals surface area (Å²) < 4.78 is 15.8. The van der Waals surface area contributed by atoms with Crippen molar-refractivity contribution in [1.82, 2.24) is 14.8 Å². The lowest BCUT2D eigenvalue weighted by atomic mass is 10.2. The first kappa shape index (κ1) is 15.5. The molecule has 0 saturated carbocycles. The molecule has 2 rings (SSSR count). The van der Waals surface area contributed by atoms with Crippen LogP contribution in [0.1, 0.15) is 13.8 Å². The van der Waals surface area contributed by atoms with Crippen molar-refractivity contribution in [2.75, 3.05) is 5.75 Å². The molecule has 1 aromatic heterocycles. The van der Waals surface area contributed by atoms with Gasteiger partial charge in [0.05, 0.1) is 11.3 Å². The highest BCUT2D eigenvalue weighted by Crippen LogP contribution is 2.26. The third-order valence-electron chi connectivity index (χ3n) is 2.72. The lowest BCUT2D eigenvalue weighted by molar-refractivity contribution is -0.115. The van der Waals surface area contributed by atoms with Gasteiger partial charge in [0.2, 0.25) is 5.91 Å². The van der Waals surface area contributed by atoms with Gasteiger partial charge in [-0.2, -0.15) is 0 Å². The topological polar surface area (TPSA) is 73.8 Å². The van der Waals surface area contributed by atoms with Gasteiger partial charge < -0.3 is 10.3 Å². The number of hydrogen-bond donors (Lipinski definition) is 1. The van der Waals surface area contributed by atoms with Crippen LogP contribution < -0.4 is 5.73 Å². The number of nitrogens with two attached hydrogens (primary N) is 1. The summed E-state index contributed by atoms with van der Waals surface area (Å²) in [6, 6.07) is 6.44. The van der Waals surface area contributed by atoms with Crippen molar-refractivity contribution in [3.8, 4) is 11.4 Å². The largest absolute Gasteiger partial charge is 0.369 e. The van der Waals surface area contributed by atoms with E-state index in [9.17, 15) is 9.18 Å². The zero-order valence-electron chi connectivity index (χ0n) is 11.9. The monoisotopic (exact) mass is 308 g/mol. The Bertz CT molecular complexity index is 642. The van der Waals surface area contributed by atoms with Crippen molar-refractivity contribution >= 4 is 17.7 Å². The molecule has 0 radical (unpaired) electrons. The van der Waals surface area contributed by atoms with Crippen LogP contribution in [0.15, 0.2) is 29.4 Å². The average Bonchev–Trinajstić information content (AvgIpc) is 2.79. The van der Waals surface area contributed by atoms with Crippen LogP contribution in [0.3, 0.4) is 0 Å². The number of halogens is 1. The molecule has 1 aromatic carbocycles. The summed E-state index contributed by atoms with van der Waals surface area (Å²) in [6.07, 6.45) is 0. The minimum Gasteiger partial charge on any atom is -0.369 e. The normalized spacial score (nSPS) is 11.0. The van der Waals surface area contributed by atoms with Gasteiger partial charge >= 0.3 is 0 Å². The van der Waals surface area contributed by atoms with E-state index in [4.69, 9.17) is 5.73 Å². The maximum absolute atomic E-state index is 14.0. The van der Waals surface area contributed by atoms with E-state index < -0.39 is 5.91 Å². The van der Waals surface area contributed by atoms with E-state index >= 15 is 0 Å². The van der Waals surface area contributed by atoms with Crippen LogP contribution >= 0.6 is 11.8 Å². The zero-order valence-corrected chi connectivity index (χ0v) is 12.7. The van der Waals surface area contributed by atoms with Crippen LogP contribution in [-0.2, 0) is 11.3 Å². The standard InChI is InChI=1S/C14H17FN4OS/c1-9(2)7-19-13(10-5-3-4-6-11(10)15)17-18-14(19)21-8-12(16)20/h3-6,9H,7-8H2,1-2H3,(H2,16,20). The summed E-state index contributed by atoms with van der Waals surface area (Å²) >= 11 is 1.21. The minimum absolute atomic E-state index is 0.119. The Balaban J connectivity index is 2.41. The number of nitrogens with zero attached hydrogens (tertiary/aromatic N) is 3. The fourth-order valence-electron chi connectivity index (χ4n) is 1.90. The average molecular weight is 308 g/mol. The summed E-state index contributed by atoms with van der Waals surface area (Å²) in [4.78, 5) is 10.9. The van der Waals surface area contributed by atoms with E-state index in [0.717, 1.165) is 0 Å². The maximum Gasteiger partial charge on any atom is 0.227 e. The molecule has 0 spiro atoms. The number of carbonyl (C=O) groups is 1. The summed E-state index contributed by atoms with van der Waals surface area (Å²) in [5.74, 6) is 0.147. The Kier molecular flexibility index (Phi) is 4.95. The highest BCUT2D eigenvalue weighted by molar-refractivity contribution is 7.99. The molecule has 0 unspecified atom stereocenters. The minimum atomic E-state index is -0.425. The Morgan fingerprint density at radius 1 is 1.38 bits per heavy atom. The van der Waals surface area contributed by atoms with E-state index in [1.807, 2.05) is 18.4 Å². The molecule has 0 aliphatic heterocycles. The molecule has 0 aliphatic carbocycles. The summed E-state index contributed by atoms with van der Waals surface area (Å²) in [7, 11) is 0. The maximum atomic E-state index is 14.0. The summed E-state index contributed by atoms with van der Waals surface area (Å²) in [5, 5.41) is 8.71. The van der Waals surface area contributed by atoms with Crippen LogP contribution in [-0.4, -0.2) is 26.4 Å². The SMILES string of the molecule is CC(C)Cn1c(SCC(N)=O)nnc1-c1ccccc1F. The van der Waals surface area contributed by atoms with Crippen LogP contribution in [0, 0.1) is 11.7 Å². The van der Waals surface area contributed by atoms with Gasteiger partial charge in [0.25, 0.3) is 0 Å². The third-order valence-corrected chi connectivity index (χ3v) is 3.71. The first-order valence-corrected chi connectivity index (χ1v) is 7.56. The second-order valence-electron chi connectivity index (χ2n) is 5.05. The van der Waals surface area contributed by atoms with Gasteiger partial charge in [-0.05, 0) is 18.1 Å². The number of thioether (sulfide) groups is 1.